The van der Waals surface area contributed by atoms with Crippen LogP contribution in [0.3, 0.4) is 0 Å². The molecule has 0 aliphatic carbocycles. The van der Waals surface area contributed by atoms with Crippen molar-refractivity contribution in [3.05, 3.63) is 119 Å². The van der Waals surface area contributed by atoms with E-state index in [0.29, 0.717) is 15.7 Å². The Balaban J connectivity index is 1.42. The third-order valence-corrected chi connectivity index (χ3v) is 10.2. The number of anilines is 3. The van der Waals surface area contributed by atoms with Gasteiger partial charge >= 0.3 is 0 Å². The van der Waals surface area contributed by atoms with E-state index in [-0.39, 0.29) is 22.0 Å². The summed E-state index contributed by atoms with van der Waals surface area (Å²) in [6.07, 6.45) is 0. The average molecular weight is 677 g/mol. The van der Waals surface area contributed by atoms with Crippen molar-refractivity contribution in [3.8, 4) is 11.5 Å². The maximum atomic E-state index is 13.9. The Labute approximate surface area is 270 Å². The summed E-state index contributed by atoms with van der Waals surface area (Å²) in [6, 6.07) is 26.8. The second-order valence-corrected chi connectivity index (χ2v) is 13.5. The van der Waals surface area contributed by atoms with Gasteiger partial charge in [-0.25, -0.2) is 16.8 Å². The molecule has 0 saturated carbocycles. The molecule has 15 heteroatoms. The zero-order chi connectivity index (χ0) is 33.8. The smallest absolute Gasteiger partial charge is 0.289 e. The number of sulfonamides is 2. The normalized spacial score (nSPS) is 11.4. The first kappa shape index (κ1) is 32.7. The van der Waals surface area contributed by atoms with E-state index in [9.17, 15) is 31.7 Å². The van der Waals surface area contributed by atoms with E-state index in [1.165, 1.54) is 68.8 Å². The number of para-hydroxylation sites is 1. The molecular formula is C32H28N4O9S2. The summed E-state index contributed by atoms with van der Waals surface area (Å²) < 4.78 is 68.1. The summed E-state index contributed by atoms with van der Waals surface area (Å²) in [5.74, 6) is -0.467. The van der Waals surface area contributed by atoms with Crippen LogP contribution in [0.5, 0.6) is 11.5 Å². The second kappa shape index (κ2) is 13.4. The Bertz CT molecular complexity index is 2190. The van der Waals surface area contributed by atoms with Gasteiger partial charge in [-0.3, -0.25) is 23.9 Å². The van der Waals surface area contributed by atoms with Gasteiger partial charge in [-0.05, 0) is 53.9 Å². The fraction of sp³-hybridized carbons (Fsp3) is 0.0938. The van der Waals surface area contributed by atoms with Crippen molar-refractivity contribution in [1.29, 1.82) is 0 Å². The zero-order valence-corrected chi connectivity index (χ0v) is 26.6. The van der Waals surface area contributed by atoms with E-state index in [4.69, 9.17) is 9.47 Å². The van der Waals surface area contributed by atoms with Gasteiger partial charge in [0.1, 0.15) is 18.0 Å². The number of amides is 1. The molecule has 0 aliphatic heterocycles. The van der Waals surface area contributed by atoms with Crippen molar-refractivity contribution < 1.29 is 36.0 Å². The largest absolute Gasteiger partial charge is 0.497 e. The monoisotopic (exact) mass is 676 g/mol. The number of carbonyl (C=O) groups is 1. The van der Waals surface area contributed by atoms with E-state index in [1.807, 2.05) is 18.2 Å². The Morgan fingerprint density at radius 2 is 1.51 bits per heavy atom. The van der Waals surface area contributed by atoms with Gasteiger partial charge in [-0.1, -0.05) is 48.5 Å². The molecule has 0 aromatic heterocycles. The van der Waals surface area contributed by atoms with Gasteiger partial charge in [0.2, 0.25) is 5.91 Å². The molecule has 0 radical (unpaired) electrons. The van der Waals surface area contributed by atoms with Crippen LogP contribution in [-0.2, 0) is 24.8 Å². The van der Waals surface area contributed by atoms with Crippen LogP contribution in [-0.4, -0.2) is 48.4 Å². The van der Waals surface area contributed by atoms with E-state index in [1.54, 1.807) is 24.3 Å². The minimum atomic E-state index is -4.72. The van der Waals surface area contributed by atoms with Crippen molar-refractivity contribution in [2.75, 3.05) is 35.1 Å². The van der Waals surface area contributed by atoms with Gasteiger partial charge < -0.3 is 14.8 Å². The third kappa shape index (κ3) is 6.95. The van der Waals surface area contributed by atoms with Gasteiger partial charge in [0.15, 0.2) is 4.90 Å². The molecule has 0 bridgehead atoms. The average Bonchev–Trinajstić information content (AvgIpc) is 3.07. The van der Waals surface area contributed by atoms with Crippen molar-refractivity contribution >= 4 is 59.5 Å². The Hall–Kier alpha value is -5.67. The standard InChI is InChI=1S/C32H28N4O9S2/c1-44-24-16-19-28(30(20-24)45-2)35(47(42,43)31-13-6-5-12-29(31)36(38)39)21-32(37)33-23-14-17-25(18-15-23)46(40,41)34-27-11-7-9-22-8-3-4-10-26(22)27/h3-20,34H,21H2,1-2H3,(H,33,37). The second-order valence-electron chi connectivity index (χ2n) is 9.98. The minimum Gasteiger partial charge on any atom is -0.497 e. The van der Waals surface area contributed by atoms with Crippen LogP contribution in [0.1, 0.15) is 0 Å². The lowest BCUT2D eigenvalue weighted by molar-refractivity contribution is -0.387. The number of benzene rings is 5. The SMILES string of the molecule is COc1ccc(N(CC(=O)Nc2ccc(S(=O)(=O)Nc3cccc4ccccc34)cc2)S(=O)(=O)c2ccccc2[N+](=O)[O-])c(OC)c1. The molecular weight excluding hydrogens is 649 g/mol. The lowest BCUT2D eigenvalue weighted by atomic mass is 10.1. The maximum absolute atomic E-state index is 13.9. The first-order valence-electron chi connectivity index (χ1n) is 13.8. The minimum absolute atomic E-state index is 0.0209. The number of hydrogen-bond donors (Lipinski definition) is 2. The van der Waals surface area contributed by atoms with E-state index < -0.39 is 48.0 Å². The number of fused-ring (bicyclic) bond motifs is 1. The van der Waals surface area contributed by atoms with Crippen LogP contribution in [0, 0.1) is 10.1 Å². The molecule has 5 aromatic carbocycles. The lowest BCUT2D eigenvalue weighted by Crippen LogP contribution is -2.38. The molecule has 1 amide bonds. The van der Waals surface area contributed by atoms with Crippen molar-refractivity contribution in [1.82, 2.24) is 0 Å². The Morgan fingerprint density at radius 1 is 0.830 bits per heavy atom. The lowest BCUT2D eigenvalue weighted by Gasteiger charge is -2.25. The summed E-state index contributed by atoms with van der Waals surface area (Å²) in [5, 5.41) is 15.8. The summed E-state index contributed by atoms with van der Waals surface area (Å²) in [6.45, 7) is -0.820. The van der Waals surface area contributed by atoms with E-state index >= 15 is 0 Å². The molecule has 5 aromatic rings. The molecule has 13 nitrogen and oxygen atoms in total. The van der Waals surface area contributed by atoms with Crippen molar-refractivity contribution in [2.45, 2.75) is 9.79 Å². The number of ether oxygens (including phenoxy) is 2. The molecule has 5 rings (SSSR count). The molecule has 47 heavy (non-hydrogen) atoms. The molecule has 242 valence electrons. The topological polar surface area (TPSA) is 174 Å². The number of rotatable bonds is 12. The summed E-state index contributed by atoms with van der Waals surface area (Å²) in [5.41, 5.74) is -0.194. The predicted octanol–water partition coefficient (Wildman–Crippen LogP) is 5.40. The first-order valence-corrected chi connectivity index (χ1v) is 16.8. The summed E-state index contributed by atoms with van der Waals surface area (Å²) in [4.78, 5) is 23.5. The first-order chi connectivity index (χ1) is 22.4. The number of hydrogen-bond acceptors (Lipinski definition) is 9. The van der Waals surface area contributed by atoms with Gasteiger partial charge in [-0.15, -0.1) is 0 Å². The number of carbonyl (C=O) groups excluding carboxylic acids is 1. The zero-order valence-electron chi connectivity index (χ0n) is 25.0. The number of nitro groups is 1. The van der Waals surface area contributed by atoms with Crippen LogP contribution in [0.4, 0.5) is 22.7 Å². The number of nitrogens with zero attached hydrogens (tertiary/aromatic N) is 2. The number of methoxy groups -OCH3 is 2. The maximum Gasteiger partial charge on any atom is 0.289 e. The van der Waals surface area contributed by atoms with Gasteiger partial charge in [0.05, 0.1) is 35.4 Å². The highest BCUT2D eigenvalue weighted by Gasteiger charge is 2.34. The van der Waals surface area contributed by atoms with Crippen molar-refractivity contribution in [3.63, 3.8) is 0 Å². The van der Waals surface area contributed by atoms with E-state index in [0.717, 1.165) is 22.9 Å². The van der Waals surface area contributed by atoms with Crippen molar-refractivity contribution in [2.24, 2.45) is 0 Å². The highest BCUT2D eigenvalue weighted by molar-refractivity contribution is 7.93. The molecule has 2 N–H and O–H groups in total. The van der Waals surface area contributed by atoms with Gasteiger partial charge in [-0.2, -0.15) is 0 Å². The fourth-order valence-corrected chi connectivity index (χ4v) is 7.47. The molecule has 0 unspecified atom stereocenters. The Morgan fingerprint density at radius 3 is 2.21 bits per heavy atom. The van der Waals surface area contributed by atoms with Crippen LogP contribution < -0.4 is 23.8 Å². The van der Waals surface area contributed by atoms with E-state index in [2.05, 4.69) is 10.0 Å². The Kier molecular flexibility index (Phi) is 9.30. The molecule has 0 fully saturated rings. The molecule has 0 saturated heterocycles. The van der Waals surface area contributed by atoms with Gasteiger partial charge in [0, 0.05) is 23.2 Å². The molecule has 0 atom stereocenters. The third-order valence-electron chi connectivity index (χ3n) is 7.06. The number of nitro benzene ring substituents is 1. The molecule has 0 heterocycles. The van der Waals surface area contributed by atoms with Gasteiger partial charge in [0.25, 0.3) is 25.7 Å². The summed E-state index contributed by atoms with van der Waals surface area (Å²) in [7, 11) is -6.03. The predicted molar refractivity (Wildman–Crippen MR) is 177 cm³/mol. The highest BCUT2D eigenvalue weighted by atomic mass is 32.2. The van der Waals surface area contributed by atoms with Crippen LogP contribution in [0.2, 0.25) is 0 Å². The quantitative estimate of drug-likeness (QED) is 0.130. The number of nitrogens with one attached hydrogen (secondary N) is 2. The molecule has 0 aliphatic rings. The van der Waals surface area contributed by atoms with Crippen LogP contribution in [0.15, 0.2) is 119 Å². The summed E-state index contributed by atoms with van der Waals surface area (Å²) >= 11 is 0. The molecule has 0 spiro atoms. The highest BCUT2D eigenvalue weighted by Crippen LogP contribution is 2.37. The van der Waals surface area contributed by atoms with Crippen LogP contribution in [0.25, 0.3) is 10.8 Å². The van der Waals surface area contributed by atoms with Crippen LogP contribution >= 0.6 is 0 Å². The fourth-order valence-electron chi connectivity index (χ4n) is 4.80.